The highest BCUT2D eigenvalue weighted by molar-refractivity contribution is 5.77. The fraction of sp³-hybridized carbons (Fsp3) is 0.429. The number of carbonyl (C=O) groups excluding carboxylic acids is 1. The maximum atomic E-state index is 12.3. The van der Waals surface area contributed by atoms with Crippen molar-refractivity contribution in [3.05, 3.63) is 64.1 Å². The lowest BCUT2D eigenvalue weighted by Gasteiger charge is -2.32. The van der Waals surface area contributed by atoms with Crippen LogP contribution >= 0.6 is 0 Å². The van der Waals surface area contributed by atoms with Crippen molar-refractivity contribution in [2.45, 2.75) is 32.5 Å². The molecule has 27 heavy (non-hydrogen) atoms. The summed E-state index contributed by atoms with van der Waals surface area (Å²) in [5.74, 6) is 0.611. The van der Waals surface area contributed by atoms with Crippen LogP contribution in [-0.4, -0.2) is 41.2 Å². The van der Waals surface area contributed by atoms with Crippen molar-refractivity contribution >= 4 is 5.91 Å². The Balaban J connectivity index is 1.43. The summed E-state index contributed by atoms with van der Waals surface area (Å²) in [6, 6.07) is 13.2. The van der Waals surface area contributed by atoms with E-state index < -0.39 is 0 Å². The van der Waals surface area contributed by atoms with Gasteiger partial charge in [0.05, 0.1) is 6.61 Å². The number of rotatable bonds is 6. The number of hydrogen-bond acceptors (Lipinski definition) is 4. The van der Waals surface area contributed by atoms with Gasteiger partial charge in [-0.1, -0.05) is 30.3 Å². The number of benzene rings is 1. The summed E-state index contributed by atoms with van der Waals surface area (Å²) in [5.41, 5.74) is 1.84. The Bertz CT molecular complexity index is 824. The van der Waals surface area contributed by atoms with E-state index in [4.69, 9.17) is 9.47 Å². The molecule has 144 valence electrons. The van der Waals surface area contributed by atoms with Gasteiger partial charge in [0.2, 0.25) is 5.91 Å². The quantitative estimate of drug-likeness (QED) is 0.783. The van der Waals surface area contributed by atoms with E-state index in [2.05, 4.69) is 0 Å². The molecular weight excluding hydrogens is 344 g/mol. The highest BCUT2D eigenvalue weighted by Gasteiger charge is 2.24. The second kappa shape index (κ2) is 8.86. The van der Waals surface area contributed by atoms with Crippen LogP contribution in [0.25, 0.3) is 0 Å². The topological polar surface area (TPSA) is 60.8 Å². The normalized spacial score (nSPS) is 15.0. The number of likely N-dealkylation sites (tertiary alicyclic amines) is 1. The molecule has 1 saturated heterocycles. The molecule has 1 aromatic carbocycles. The van der Waals surface area contributed by atoms with Crippen LogP contribution < -0.4 is 10.3 Å². The van der Waals surface area contributed by atoms with Crippen LogP contribution in [0.15, 0.2) is 47.3 Å². The van der Waals surface area contributed by atoms with E-state index in [0.717, 1.165) is 24.1 Å². The maximum absolute atomic E-state index is 12.3. The first-order valence-corrected chi connectivity index (χ1v) is 9.26. The van der Waals surface area contributed by atoms with Crippen molar-refractivity contribution in [3.8, 4) is 5.75 Å². The minimum absolute atomic E-state index is 0.00815. The van der Waals surface area contributed by atoms with Crippen molar-refractivity contribution in [2.75, 3.05) is 19.7 Å². The standard InChI is InChI=1S/C21H26N2O4/c1-16-12-19(13-20(24)22(16)2)27-18-8-10-23(11-9-18)21(25)15-26-14-17-6-4-3-5-7-17/h3-7,12-13,18H,8-11,14-15H2,1-2H3. The number of hydrogen-bond donors (Lipinski definition) is 0. The van der Waals surface area contributed by atoms with E-state index in [-0.39, 0.29) is 24.2 Å². The Morgan fingerprint density at radius 3 is 2.52 bits per heavy atom. The smallest absolute Gasteiger partial charge is 0.254 e. The SMILES string of the molecule is Cc1cc(OC2CCN(C(=O)COCc3ccccc3)CC2)cc(=O)n1C. The molecule has 0 spiro atoms. The molecular formula is C21H26N2O4. The average Bonchev–Trinajstić information content (AvgIpc) is 2.67. The van der Waals surface area contributed by atoms with E-state index in [1.54, 1.807) is 11.6 Å². The lowest BCUT2D eigenvalue weighted by Crippen LogP contribution is -2.43. The summed E-state index contributed by atoms with van der Waals surface area (Å²) in [7, 11) is 1.74. The highest BCUT2D eigenvalue weighted by atomic mass is 16.5. The number of ether oxygens (including phenoxy) is 2. The first-order valence-electron chi connectivity index (χ1n) is 9.26. The molecule has 2 heterocycles. The van der Waals surface area contributed by atoms with Gasteiger partial charge in [-0.25, -0.2) is 0 Å². The van der Waals surface area contributed by atoms with Crippen LogP contribution in [0.3, 0.4) is 0 Å². The molecule has 1 fully saturated rings. The predicted molar refractivity (Wildman–Crippen MR) is 103 cm³/mol. The van der Waals surface area contributed by atoms with Crippen LogP contribution in [0.5, 0.6) is 5.75 Å². The van der Waals surface area contributed by atoms with Gasteiger partial charge in [0.25, 0.3) is 5.56 Å². The van der Waals surface area contributed by atoms with Gasteiger partial charge in [-0.3, -0.25) is 9.59 Å². The third kappa shape index (κ3) is 5.20. The zero-order valence-corrected chi connectivity index (χ0v) is 15.9. The Kier molecular flexibility index (Phi) is 6.29. The monoisotopic (exact) mass is 370 g/mol. The number of aryl methyl sites for hydroxylation is 1. The molecule has 3 rings (SSSR count). The summed E-state index contributed by atoms with van der Waals surface area (Å²) in [6.07, 6.45) is 1.52. The van der Waals surface area contributed by atoms with Crippen molar-refractivity contribution in [1.82, 2.24) is 9.47 Å². The van der Waals surface area contributed by atoms with Crippen molar-refractivity contribution in [2.24, 2.45) is 7.05 Å². The second-order valence-corrected chi connectivity index (χ2v) is 6.91. The third-order valence-electron chi connectivity index (χ3n) is 4.91. The van der Waals surface area contributed by atoms with Crippen molar-refractivity contribution < 1.29 is 14.3 Å². The zero-order valence-electron chi connectivity index (χ0n) is 15.9. The van der Waals surface area contributed by atoms with E-state index in [1.807, 2.05) is 48.2 Å². The van der Waals surface area contributed by atoms with E-state index in [0.29, 0.717) is 25.4 Å². The van der Waals surface area contributed by atoms with Gasteiger partial charge in [-0.2, -0.15) is 0 Å². The van der Waals surface area contributed by atoms with Crippen molar-refractivity contribution in [1.29, 1.82) is 0 Å². The number of pyridine rings is 1. The molecule has 0 bridgehead atoms. The van der Waals surface area contributed by atoms with Crippen LogP contribution in [-0.2, 0) is 23.2 Å². The molecule has 0 atom stereocenters. The number of carbonyl (C=O) groups is 1. The summed E-state index contributed by atoms with van der Waals surface area (Å²) >= 11 is 0. The van der Waals surface area contributed by atoms with Crippen LogP contribution in [0.2, 0.25) is 0 Å². The third-order valence-corrected chi connectivity index (χ3v) is 4.91. The van der Waals surface area contributed by atoms with E-state index >= 15 is 0 Å². The first-order chi connectivity index (χ1) is 13.0. The fourth-order valence-electron chi connectivity index (χ4n) is 3.14. The Morgan fingerprint density at radius 1 is 1.15 bits per heavy atom. The number of aromatic nitrogens is 1. The average molecular weight is 370 g/mol. The van der Waals surface area contributed by atoms with Gasteiger partial charge in [-0.15, -0.1) is 0 Å². The number of nitrogens with zero attached hydrogens (tertiary/aromatic N) is 2. The van der Waals surface area contributed by atoms with Crippen LogP contribution in [0.1, 0.15) is 24.1 Å². The molecule has 1 aromatic heterocycles. The van der Waals surface area contributed by atoms with Gasteiger partial charge < -0.3 is 18.9 Å². The largest absolute Gasteiger partial charge is 0.490 e. The van der Waals surface area contributed by atoms with Crippen LogP contribution in [0.4, 0.5) is 0 Å². The molecule has 0 aliphatic carbocycles. The minimum Gasteiger partial charge on any atom is -0.490 e. The molecule has 0 radical (unpaired) electrons. The minimum atomic E-state index is -0.0758. The Labute approximate surface area is 159 Å². The fourth-order valence-corrected chi connectivity index (χ4v) is 3.14. The molecule has 1 aliphatic heterocycles. The van der Waals surface area contributed by atoms with Gasteiger partial charge in [-0.05, 0) is 18.6 Å². The van der Waals surface area contributed by atoms with E-state index in [9.17, 15) is 9.59 Å². The molecule has 0 N–H and O–H groups in total. The summed E-state index contributed by atoms with van der Waals surface area (Å²) < 4.78 is 13.1. The summed E-state index contributed by atoms with van der Waals surface area (Å²) in [4.78, 5) is 26.0. The highest BCUT2D eigenvalue weighted by Crippen LogP contribution is 2.19. The number of amides is 1. The lowest BCUT2D eigenvalue weighted by molar-refractivity contribution is -0.138. The predicted octanol–water partition coefficient (Wildman–Crippen LogP) is 2.28. The molecule has 0 unspecified atom stereocenters. The Morgan fingerprint density at radius 2 is 1.85 bits per heavy atom. The summed E-state index contributed by atoms with van der Waals surface area (Å²) in [6.45, 7) is 3.69. The van der Waals surface area contributed by atoms with Gasteiger partial charge in [0, 0.05) is 44.7 Å². The molecule has 6 heteroatoms. The summed E-state index contributed by atoms with van der Waals surface area (Å²) in [5, 5.41) is 0. The molecule has 1 aliphatic rings. The molecule has 6 nitrogen and oxygen atoms in total. The second-order valence-electron chi connectivity index (χ2n) is 6.91. The lowest BCUT2D eigenvalue weighted by atomic mass is 10.1. The van der Waals surface area contributed by atoms with E-state index in [1.165, 1.54) is 6.07 Å². The number of piperidine rings is 1. The zero-order chi connectivity index (χ0) is 19.2. The van der Waals surface area contributed by atoms with Gasteiger partial charge >= 0.3 is 0 Å². The van der Waals surface area contributed by atoms with Gasteiger partial charge in [0.15, 0.2) is 0 Å². The van der Waals surface area contributed by atoms with Crippen LogP contribution in [0, 0.1) is 6.92 Å². The Hall–Kier alpha value is -2.60. The van der Waals surface area contributed by atoms with Crippen molar-refractivity contribution in [3.63, 3.8) is 0 Å². The maximum Gasteiger partial charge on any atom is 0.254 e. The molecule has 0 saturated carbocycles. The molecule has 1 amide bonds. The van der Waals surface area contributed by atoms with Gasteiger partial charge in [0.1, 0.15) is 18.5 Å². The first kappa shape index (κ1) is 19.2. The molecule has 2 aromatic rings.